The van der Waals surface area contributed by atoms with Crippen molar-refractivity contribution in [3.8, 4) is 0 Å². The van der Waals surface area contributed by atoms with Crippen molar-refractivity contribution < 1.29 is 4.79 Å². The van der Waals surface area contributed by atoms with Gasteiger partial charge in [0.05, 0.1) is 4.87 Å². The minimum absolute atomic E-state index is 0.191. The third-order valence-corrected chi connectivity index (χ3v) is 2.08. The second-order valence-electron chi connectivity index (χ2n) is 2.56. The molecule has 0 spiro atoms. The summed E-state index contributed by atoms with van der Waals surface area (Å²) >= 11 is 11.2. The minimum atomic E-state index is -0.576. The van der Waals surface area contributed by atoms with Gasteiger partial charge in [-0.3, -0.25) is 4.79 Å². The van der Waals surface area contributed by atoms with Gasteiger partial charge >= 0.3 is 0 Å². The van der Waals surface area contributed by atoms with Crippen LogP contribution >= 0.6 is 23.2 Å². The molecule has 0 bridgehead atoms. The molecule has 1 rings (SSSR count). The van der Waals surface area contributed by atoms with Crippen molar-refractivity contribution >= 4 is 28.4 Å². The van der Waals surface area contributed by atoms with Crippen LogP contribution in [0.1, 0.15) is 12.8 Å². The minimum Gasteiger partial charge on any atom is -0.281 e. The first-order valence-corrected chi connectivity index (χ1v) is 4.10. The van der Waals surface area contributed by atoms with E-state index in [0.717, 1.165) is 0 Å². The van der Waals surface area contributed by atoms with Gasteiger partial charge in [-0.2, -0.15) is 0 Å². The van der Waals surface area contributed by atoms with E-state index >= 15 is 0 Å². The van der Waals surface area contributed by atoms with E-state index < -0.39 is 4.87 Å². The second kappa shape index (κ2) is 3.42. The maximum Gasteiger partial charge on any atom is 0.223 e. The largest absolute Gasteiger partial charge is 0.281 e. The molecule has 0 aromatic carbocycles. The zero-order chi connectivity index (χ0) is 8.32. The summed E-state index contributed by atoms with van der Waals surface area (Å²) in [7, 11) is 0. The second-order valence-corrected chi connectivity index (χ2v) is 3.73. The first-order chi connectivity index (χ1) is 5.12. The van der Waals surface area contributed by atoms with Crippen molar-refractivity contribution in [3.63, 3.8) is 0 Å². The van der Waals surface area contributed by atoms with Gasteiger partial charge in [0.1, 0.15) is 0 Å². The first kappa shape index (κ1) is 8.82. The van der Waals surface area contributed by atoms with Crippen LogP contribution in [0.5, 0.6) is 0 Å². The summed E-state index contributed by atoms with van der Waals surface area (Å²) in [5.74, 6) is 0. The van der Waals surface area contributed by atoms with Crippen molar-refractivity contribution in [2.75, 3.05) is 0 Å². The fourth-order valence-corrected chi connectivity index (χ4v) is 1.59. The van der Waals surface area contributed by atoms with Crippen molar-refractivity contribution in [3.05, 3.63) is 24.3 Å². The van der Waals surface area contributed by atoms with Crippen molar-refractivity contribution in [2.24, 2.45) is 0 Å². The van der Waals surface area contributed by atoms with Crippen LogP contribution in [0, 0.1) is 0 Å². The van der Waals surface area contributed by atoms with Gasteiger partial charge in [0.2, 0.25) is 5.24 Å². The van der Waals surface area contributed by atoms with E-state index in [1.54, 1.807) is 6.08 Å². The topological polar surface area (TPSA) is 17.1 Å². The molecule has 3 heteroatoms. The lowest BCUT2D eigenvalue weighted by atomic mass is 9.97. The summed E-state index contributed by atoms with van der Waals surface area (Å²) < 4.78 is 0. The van der Waals surface area contributed by atoms with Gasteiger partial charge in [-0.05, 0) is 18.0 Å². The van der Waals surface area contributed by atoms with Crippen LogP contribution in [0.15, 0.2) is 24.3 Å². The molecule has 1 nitrogen and oxygen atoms in total. The molecule has 0 fully saturated rings. The zero-order valence-electron chi connectivity index (χ0n) is 5.89. The maximum absolute atomic E-state index is 10.5. The van der Waals surface area contributed by atoms with E-state index in [0.29, 0.717) is 6.42 Å². The van der Waals surface area contributed by atoms with Gasteiger partial charge in [0, 0.05) is 6.42 Å². The zero-order valence-corrected chi connectivity index (χ0v) is 7.40. The Hall–Kier alpha value is -0.270. The molecule has 0 radical (unpaired) electrons. The van der Waals surface area contributed by atoms with Crippen molar-refractivity contribution in [2.45, 2.75) is 17.7 Å². The Morgan fingerprint density at radius 1 is 1.55 bits per heavy atom. The predicted octanol–water partition coefficient (Wildman–Crippen LogP) is 2.64. The number of carbonyl (C=O) groups is 1. The van der Waals surface area contributed by atoms with Crippen LogP contribution in [-0.2, 0) is 4.79 Å². The summed E-state index contributed by atoms with van der Waals surface area (Å²) in [4.78, 5) is 9.96. The monoisotopic (exact) mass is 190 g/mol. The Labute approximate surface area is 75.7 Å². The maximum atomic E-state index is 10.5. The molecule has 60 valence electrons. The van der Waals surface area contributed by atoms with E-state index in [1.165, 1.54) is 0 Å². The normalized spacial score (nSPS) is 28.9. The summed E-state index contributed by atoms with van der Waals surface area (Å²) in [6.07, 6.45) is 8.32. The van der Waals surface area contributed by atoms with Gasteiger partial charge in [-0.25, -0.2) is 0 Å². The van der Waals surface area contributed by atoms with Crippen LogP contribution in [0.25, 0.3) is 0 Å². The standard InChI is InChI=1S/C8H8Cl2O/c9-7(11)6-8(10)4-2-1-3-5-8/h1-4H,5-6H2. The summed E-state index contributed by atoms with van der Waals surface area (Å²) in [6.45, 7) is 0. The van der Waals surface area contributed by atoms with Gasteiger partial charge in [0.25, 0.3) is 0 Å². The Morgan fingerprint density at radius 2 is 2.27 bits per heavy atom. The molecule has 1 atom stereocenters. The summed E-state index contributed by atoms with van der Waals surface area (Å²) in [5, 5.41) is -0.389. The highest BCUT2D eigenvalue weighted by molar-refractivity contribution is 6.64. The highest BCUT2D eigenvalue weighted by atomic mass is 35.5. The Kier molecular flexibility index (Phi) is 2.74. The molecular formula is C8H8Cl2O. The van der Waals surface area contributed by atoms with Crippen LogP contribution in [0.3, 0.4) is 0 Å². The van der Waals surface area contributed by atoms with Crippen LogP contribution in [0.2, 0.25) is 0 Å². The molecule has 1 aliphatic carbocycles. The fraction of sp³-hybridized carbons (Fsp3) is 0.375. The number of alkyl halides is 1. The van der Waals surface area contributed by atoms with E-state index in [1.807, 2.05) is 18.2 Å². The smallest absolute Gasteiger partial charge is 0.223 e. The molecule has 0 heterocycles. The predicted molar refractivity (Wildman–Crippen MR) is 47.0 cm³/mol. The number of halogens is 2. The highest BCUT2D eigenvalue weighted by Crippen LogP contribution is 2.29. The number of hydrogen-bond acceptors (Lipinski definition) is 1. The lowest BCUT2D eigenvalue weighted by molar-refractivity contribution is -0.112. The first-order valence-electron chi connectivity index (χ1n) is 3.34. The average Bonchev–Trinajstić information content (AvgIpc) is 1.85. The number of allylic oxidation sites excluding steroid dienone is 4. The fourth-order valence-electron chi connectivity index (χ4n) is 1.00. The van der Waals surface area contributed by atoms with E-state index in [4.69, 9.17) is 23.2 Å². The van der Waals surface area contributed by atoms with E-state index in [9.17, 15) is 4.79 Å². The molecule has 11 heavy (non-hydrogen) atoms. The third kappa shape index (κ3) is 2.68. The Balaban J connectivity index is 2.61. The van der Waals surface area contributed by atoms with Gasteiger partial charge in [0.15, 0.2) is 0 Å². The summed E-state index contributed by atoms with van der Waals surface area (Å²) in [5.41, 5.74) is 0. The molecule has 0 saturated carbocycles. The van der Waals surface area contributed by atoms with Crippen LogP contribution in [0.4, 0.5) is 0 Å². The van der Waals surface area contributed by atoms with Crippen LogP contribution in [-0.4, -0.2) is 10.1 Å². The summed E-state index contributed by atoms with van der Waals surface area (Å²) in [6, 6.07) is 0. The van der Waals surface area contributed by atoms with Crippen molar-refractivity contribution in [1.82, 2.24) is 0 Å². The molecule has 0 aliphatic heterocycles. The molecule has 0 aromatic rings. The van der Waals surface area contributed by atoms with Crippen LogP contribution < -0.4 is 0 Å². The Bertz CT molecular complexity index is 220. The quantitative estimate of drug-likeness (QED) is 0.484. The molecule has 0 amide bonds. The number of rotatable bonds is 2. The van der Waals surface area contributed by atoms with E-state index in [2.05, 4.69) is 0 Å². The van der Waals surface area contributed by atoms with Gasteiger partial charge in [-0.1, -0.05) is 24.3 Å². The average molecular weight is 191 g/mol. The lowest BCUT2D eigenvalue weighted by Crippen LogP contribution is -2.21. The highest BCUT2D eigenvalue weighted by Gasteiger charge is 2.26. The van der Waals surface area contributed by atoms with E-state index in [-0.39, 0.29) is 11.7 Å². The number of hydrogen-bond donors (Lipinski definition) is 0. The molecule has 0 saturated heterocycles. The molecule has 1 aliphatic rings. The molecule has 0 N–H and O–H groups in total. The number of carbonyl (C=O) groups excluding carboxylic acids is 1. The van der Waals surface area contributed by atoms with Crippen molar-refractivity contribution in [1.29, 1.82) is 0 Å². The van der Waals surface area contributed by atoms with Gasteiger partial charge < -0.3 is 0 Å². The molecule has 1 unspecified atom stereocenters. The SMILES string of the molecule is O=C(Cl)CC1(Cl)C=CC=CC1. The third-order valence-electron chi connectivity index (χ3n) is 1.53. The Morgan fingerprint density at radius 3 is 2.73 bits per heavy atom. The molecule has 0 aromatic heterocycles. The molecular weight excluding hydrogens is 183 g/mol. The lowest BCUT2D eigenvalue weighted by Gasteiger charge is -2.21. The van der Waals surface area contributed by atoms with Gasteiger partial charge in [-0.15, -0.1) is 11.6 Å².